The number of nitrogens with zero attached hydrogens (tertiary/aromatic N) is 3. The van der Waals surface area contributed by atoms with Gasteiger partial charge in [0.05, 0.1) is 23.4 Å². The first-order valence-corrected chi connectivity index (χ1v) is 10.3. The molecule has 0 saturated carbocycles. The maximum atomic E-state index is 12.8. The Bertz CT molecular complexity index is 1110. The lowest BCUT2D eigenvalue weighted by atomic mass is 10.1. The minimum absolute atomic E-state index is 0.130. The lowest BCUT2D eigenvalue weighted by Crippen LogP contribution is -2.34. The number of H-pyrrole nitrogens is 1. The molecule has 0 unspecified atom stereocenters. The summed E-state index contributed by atoms with van der Waals surface area (Å²) in [7, 11) is 1.62. The summed E-state index contributed by atoms with van der Waals surface area (Å²) in [6.45, 7) is 1.11. The van der Waals surface area contributed by atoms with Gasteiger partial charge in [0.15, 0.2) is 0 Å². The molecule has 1 aliphatic heterocycles. The highest BCUT2D eigenvalue weighted by atomic mass is 35.5. The summed E-state index contributed by atoms with van der Waals surface area (Å²) in [5, 5.41) is 9.59. The van der Waals surface area contributed by atoms with Crippen LogP contribution in [-0.2, 0) is 4.74 Å². The highest BCUT2D eigenvalue weighted by Crippen LogP contribution is 2.31. The van der Waals surface area contributed by atoms with Crippen molar-refractivity contribution < 1.29 is 23.0 Å². The van der Waals surface area contributed by atoms with Crippen molar-refractivity contribution in [3.63, 3.8) is 0 Å². The minimum atomic E-state index is -3.82. The van der Waals surface area contributed by atoms with Gasteiger partial charge in [-0.1, -0.05) is 0 Å². The van der Waals surface area contributed by atoms with Crippen LogP contribution in [0.15, 0.2) is 48.8 Å². The number of benzene rings is 1. The van der Waals surface area contributed by atoms with Crippen LogP contribution in [-0.4, -0.2) is 59.0 Å². The van der Waals surface area contributed by atoms with Gasteiger partial charge in [-0.25, -0.2) is 4.98 Å². The van der Waals surface area contributed by atoms with Crippen molar-refractivity contribution in [2.75, 3.05) is 30.4 Å². The second-order valence-electron chi connectivity index (χ2n) is 7.43. The number of amides is 1. The SMILES string of the molecule is CO[C@@H]1CN(c2ncc(C(=O)Nc3ccc(OC(F)(F)Cl)cc3)cc2-c2ccn[nH]2)C[C@H]1N. The van der Waals surface area contributed by atoms with Gasteiger partial charge in [-0.15, -0.1) is 8.78 Å². The number of halogens is 3. The fraction of sp³-hybridized carbons (Fsp3) is 0.286. The quantitative estimate of drug-likeness (QED) is 0.446. The molecule has 33 heavy (non-hydrogen) atoms. The summed E-state index contributed by atoms with van der Waals surface area (Å²) in [5.74, 6) is 0.0760. The highest BCUT2D eigenvalue weighted by molar-refractivity contribution is 6.20. The molecule has 0 aliphatic carbocycles. The van der Waals surface area contributed by atoms with E-state index in [4.69, 9.17) is 22.1 Å². The average Bonchev–Trinajstić information content (AvgIpc) is 3.43. The summed E-state index contributed by atoms with van der Waals surface area (Å²) in [4.78, 5) is 19.4. The molecular formula is C21H21ClF2N6O3. The lowest BCUT2D eigenvalue weighted by molar-refractivity contribution is -0.0964. The number of nitrogens with one attached hydrogen (secondary N) is 2. The molecule has 2 atom stereocenters. The zero-order valence-corrected chi connectivity index (χ0v) is 18.2. The van der Waals surface area contributed by atoms with E-state index in [1.54, 1.807) is 25.4 Å². The van der Waals surface area contributed by atoms with Crippen LogP contribution >= 0.6 is 11.6 Å². The Labute approximate surface area is 192 Å². The van der Waals surface area contributed by atoms with E-state index in [0.29, 0.717) is 41.4 Å². The molecule has 0 bridgehead atoms. The molecule has 9 nitrogen and oxygen atoms in total. The molecule has 4 rings (SSSR count). The lowest BCUT2D eigenvalue weighted by Gasteiger charge is -2.20. The summed E-state index contributed by atoms with van der Waals surface area (Å²) >= 11 is 4.76. The van der Waals surface area contributed by atoms with Crippen molar-refractivity contribution in [2.24, 2.45) is 5.73 Å². The normalized spacial score (nSPS) is 18.4. The fourth-order valence-electron chi connectivity index (χ4n) is 3.60. The number of anilines is 2. The zero-order valence-electron chi connectivity index (χ0n) is 17.5. The van der Waals surface area contributed by atoms with E-state index in [-0.39, 0.29) is 17.9 Å². The molecule has 0 spiro atoms. The number of alkyl halides is 3. The molecule has 1 amide bonds. The van der Waals surface area contributed by atoms with E-state index in [1.165, 1.54) is 30.5 Å². The first kappa shape index (κ1) is 22.9. The molecule has 0 radical (unpaired) electrons. The molecule has 1 fully saturated rings. The maximum absolute atomic E-state index is 12.8. The topological polar surface area (TPSA) is 118 Å². The predicted molar refractivity (Wildman–Crippen MR) is 119 cm³/mol. The van der Waals surface area contributed by atoms with Crippen molar-refractivity contribution in [3.05, 3.63) is 54.4 Å². The molecule has 12 heteroatoms. The smallest absolute Gasteiger partial charge is 0.420 e. The predicted octanol–water partition coefficient (Wildman–Crippen LogP) is 3.05. The van der Waals surface area contributed by atoms with Gasteiger partial charge in [0.1, 0.15) is 11.6 Å². The van der Waals surface area contributed by atoms with Crippen molar-refractivity contribution in [2.45, 2.75) is 17.7 Å². The number of aromatic amines is 1. The first-order chi connectivity index (χ1) is 15.7. The molecule has 1 aliphatic rings. The number of hydrogen-bond acceptors (Lipinski definition) is 7. The minimum Gasteiger partial charge on any atom is -0.420 e. The molecule has 1 saturated heterocycles. The average molecular weight is 479 g/mol. The number of carbonyl (C=O) groups excluding carboxylic acids is 1. The van der Waals surface area contributed by atoms with Crippen LogP contribution in [0.2, 0.25) is 0 Å². The van der Waals surface area contributed by atoms with Gasteiger partial charge in [0, 0.05) is 55.4 Å². The molecule has 3 heterocycles. The summed E-state index contributed by atoms with van der Waals surface area (Å²) in [6, 6.07) is 8.69. The largest absolute Gasteiger partial charge is 0.487 e. The monoisotopic (exact) mass is 478 g/mol. The van der Waals surface area contributed by atoms with Crippen molar-refractivity contribution in [1.82, 2.24) is 15.2 Å². The van der Waals surface area contributed by atoms with E-state index in [1.807, 2.05) is 4.90 Å². The van der Waals surface area contributed by atoms with Gasteiger partial charge in [0.25, 0.3) is 5.91 Å². The van der Waals surface area contributed by atoms with Gasteiger partial charge >= 0.3 is 5.57 Å². The number of nitrogens with two attached hydrogens (primary N) is 1. The van der Waals surface area contributed by atoms with Gasteiger partial charge in [-0.2, -0.15) is 5.10 Å². The summed E-state index contributed by atoms with van der Waals surface area (Å²) in [6.07, 6.45) is 2.94. The third kappa shape index (κ3) is 5.38. The Balaban J connectivity index is 1.56. The fourth-order valence-corrected chi connectivity index (χ4v) is 3.69. The van der Waals surface area contributed by atoms with E-state index in [2.05, 4.69) is 25.2 Å². The first-order valence-electron chi connectivity index (χ1n) is 9.94. The molecular weight excluding hydrogens is 458 g/mol. The van der Waals surface area contributed by atoms with Crippen LogP contribution in [0.4, 0.5) is 20.3 Å². The zero-order chi connectivity index (χ0) is 23.6. The van der Waals surface area contributed by atoms with Crippen molar-refractivity contribution in [3.8, 4) is 17.0 Å². The van der Waals surface area contributed by atoms with Crippen LogP contribution in [0.1, 0.15) is 10.4 Å². The van der Waals surface area contributed by atoms with Crippen LogP contribution in [0, 0.1) is 0 Å². The third-order valence-corrected chi connectivity index (χ3v) is 5.25. The second-order valence-corrected chi connectivity index (χ2v) is 7.87. The Morgan fingerprint density at radius 2 is 2.06 bits per heavy atom. The molecule has 2 aromatic heterocycles. The van der Waals surface area contributed by atoms with E-state index < -0.39 is 11.5 Å². The van der Waals surface area contributed by atoms with E-state index in [9.17, 15) is 13.6 Å². The Hall–Kier alpha value is -3.28. The van der Waals surface area contributed by atoms with Crippen molar-refractivity contribution in [1.29, 1.82) is 0 Å². The van der Waals surface area contributed by atoms with Crippen LogP contribution in [0.3, 0.4) is 0 Å². The second kappa shape index (κ2) is 9.30. The summed E-state index contributed by atoms with van der Waals surface area (Å²) in [5.41, 5.74) is 4.38. The number of pyridine rings is 1. The Morgan fingerprint density at radius 3 is 2.67 bits per heavy atom. The molecule has 1 aromatic carbocycles. The van der Waals surface area contributed by atoms with Gasteiger partial charge < -0.3 is 25.4 Å². The highest BCUT2D eigenvalue weighted by Gasteiger charge is 2.32. The molecule has 174 valence electrons. The third-order valence-electron chi connectivity index (χ3n) is 5.18. The van der Waals surface area contributed by atoms with Crippen LogP contribution < -0.4 is 20.7 Å². The van der Waals surface area contributed by atoms with Gasteiger partial charge in [0.2, 0.25) is 0 Å². The number of aromatic nitrogens is 3. The van der Waals surface area contributed by atoms with Gasteiger partial charge in [-0.05, 0) is 36.4 Å². The van der Waals surface area contributed by atoms with Crippen LogP contribution in [0.25, 0.3) is 11.3 Å². The Kier molecular flexibility index (Phi) is 6.45. The summed E-state index contributed by atoms with van der Waals surface area (Å²) < 4.78 is 35.2. The molecule has 3 aromatic rings. The standard InChI is InChI=1S/C21H21ClF2N6O3/c1-32-18-11-30(10-16(18)25)19-15(17-6-7-27-29-17)8-12(9-26-19)20(31)28-13-2-4-14(5-3-13)33-21(22,23)24/h2-9,16,18H,10-11,25H2,1H3,(H,27,29)(H,28,31)/t16-,18-/m1/s1. The van der Waals surface area contributed by atoms with E-state index in [0.717, 1.165) is 0 Å². The van der Waals surface area contributed by atoms with Crippen LogP contribution in [0.5, 0.6) is 5.75 Å². The van der Waals surface area contributed by atoms with Gasteiger partial charge in [-0.3, -0.25) is 9.89 Å². The molecule has 4 N–H and O–H groups in total. The maximum Gasteiger partial charge on any atom is 0.487 e. The van der Waals surface area contributed by atoms with E-state index >= 15 is 0 Å². The number of methoxy groups -OCH3 is 1. The number of ether oxygens (including phenoxy) is 2. The van der Waals surface area contributed by atoms with Crippen molar-refractivity contribution >= 4 is 29.0 Å². The Morgan fingerprint density at radius 1 is 1.30 bits per heavy atom. The number of hydrogen-bond donors (Lipinski definition) is 3. The number of rotatable bonds is 7. The number of carbonyl (C=O) groups is 1.